The lowest BCUT2D eigenvalue weighted by atomic mass is 9.80. The van der Waals surface area contributed by atoms with Crippen molar-refractivity contribution >= 4 is 77.1 Å². The quantitative estimate of drug-likeness (QED) is 0.0355. The summed E-state index contributed by atoms with van der Waals surface area (Å²) >= 11 is 3.58. The number of unbranched alkanes of at least 4 members (excludes halogenated alkanes) is 12. The highest BCUT2D eigenvalue weighted by molar-refractivity contribution is 8.00. The summed E-state index contributed by atoms with van der Waals surface area (Å²) in [4.78, 5) is 115. The summed E-state index contributed by atoms with van der Waals surface area (Å²) in [5, 5.41) is 0. The fourth-order valence-corrected chi connectivity index (χ4v) is 11.1. The molecule has 2 heterocycles. The summed E-state index contributed by atoms with van der Waals surface area (Å²) in [6.07, 6.45) is -0.256. The van der Waals surface area contributed by atoms with Crippen molar-refractivity contribution < 1.29 is 100.0 Å². The topological polar surface area (TPSA) is 264 Å². The first-order valence-electron chi connectivity index (χ1n) is 26.1. The molecule has 2 rings (SSSR count). The molecule has 0 amide bonds. The number of Topliss-reactive ketones (excluding diaryl/α,β-unsaturated/α-hetero) is 1. The molecule has 0 saturated carbocycles. The van der Waals surface area contributed by atoms with E-state index in [1.807, 2.05) is 0 Å². The van der Waals surface area contributed by atoms with Gasteiger partial charge in [0.1, 0.15) is 25.4 Å². The fourth-order valence-electron chi connectivity index (χ4n) is 8.67. The summed E-state index contributed by atoms with van der Waals surface area (Å²) in [6, 6.07) is 0. The third kappa shape index (κ3) is 25.3. The smallest absolute Gasteiger partial charge is 0.305 e. The van der Waals surface area contributed by atoms with Crippen LogP contribution in [0.15, 0.2) is 0 Å². The SMILES string of the molecule is CCCCCCCCSCC(CO[C@H]1O[C@H](COC(C)=O)[C@](O[C@@H]2O[C@H](COC(C)=O)[C@H](OC(C)=O)[C@H](OC(C)=O)[C@H]2OC(C)=O)(C(C)=O)[C@H](OC(C)=O)[C@H]1OC(C)=O)CSCCCCCCCCCCC(=O)OC. The van der Waals surface area contributed by atoms with Crippen LogP contribution in [0.3, 0.4) is 0 Å². The molecule has 1 unspecified atom stereocenters. The van der Waals surface area contributed by atoms with Gasteiger partial charge in [-0.15, -0.1) is 0 Å². The maximum absolute atomic E-state index is 14.6. The number of carbonyl (C=O) groups is 9. The molecule has 2 aliphatic rings. The molecule has 2 saturated heterocycles. The molecule has 0 bridgehead atoms. The average molecular weight is 1110 g/mol. The minimum Gasteiger partial charge on any atom is -0.469 e. The first-order chi connectivity index (χ1) is 35.7. The second kappa shape index (κ2) is 36.9. The van der Waals surface area contributed by atoms with E-state index >= 15 is 0 Å². The summed E-state index contributed by atoms with van der Waals surface area (Å²) in [7, 11) is 1.40. The predicted molar refractivity (Wildman–Crippen MR) is 274 cm³/mol. The molecule has 21 nitrogen and oxygen atoms in total. The maximum atomic E-state index is 14.6. The highest BCUT2D eigenvalue weighted by Crippen LogP contribution is 2.42. The summed E-state index contributed by atoms with van der Waals surface area (Å²) in [5.41, 5.74) is -2.70. The van der Waals surface area contributed by atoms with E-state index in [4.69, 9.17) is 56.8 Å². The Kier molecular flexibility index (Phi) is 33.0. The molecule has 11 atom stereocenters. The molecule has 23 heteroatoms. The lowest BCUT2D eigenvalue weighted by molar-refractivity contribution is -0.381. The number of hydrogen-bond acceptors (Lipinski definition) is 23. The molecule has 0 aromatic rings. The number of carbonyl (C=O) groups excluding carboxylic acids is 9. The van der Waals surface area contributed by atoms with Crippen molar-refractivity contribution in [2.45, 2.75) is 220 Å². The zero-order valence-corrected chi connectivity index (χ0v) is 47.4. The van der Waals surface area contributed by atoms with Crippen LogP contribution in [0.1, 0.15) is 159 Å². The van der Waals surface area contributed by atoms with Gasteiger partial charge in [0.15, 0.2) is 48.2 Å². The summed E-state index contributed by atoms with van der Waals surface area (Å²) in [5.74, 6) is -4.32. The van der Waals surface area contributed by atoms with Crippen LogP contribution in [0.5, 0.6) is 0 Å². The van der Waals surface area contributed by atoms with Crippen LogP contribution in [-0.2, 0) is 100.0 Å². The van der Waals surface area contributed by atoms with E-state index in [0.717, 1.165) is 138 Å². The Bertz CT molecular complexity index is 1800. The van der Waals surface area contributed by atoms with Gasteiger partial charge >= 0.3 is 47.8 Å². The Labute approximate surface area is 450 Å². The fraction of sp³-hybridized carbons (Fsp3) is 0.827. The minimum absolute atomic E-state index is 0.0512. The van der Waals surface area contributed by atoms with Gasteiger partial charge in [0.05, 0.1) is 13.7 Å². The van der Waals surface area contributed by atoms with E-state index in [1.54, 1.807) is 23.5 Å². The number of thioether (sulfide) groups is 2. The first-order valence-corrected chi connectivity index (χ1v) is 28.4. The number of ketones is 1. The molecular formula is C52H84O21S2. The van der Waals surface area contributed by atoms with Crippen molar-refractivity contribution in [3.63, 3.8) is 0 Å². The van der Waals surface area contributed by atoms with Gasteiger partial charge in [0.2, 0.25) is 6.29 Å². The van der Waals surface area contributed by atoms with Gasteiger partial charge in [-0.3, -0.25) is 43.2 Å². The number of esters is 8. The molecular weight excluding hydrogens is 1020 g/mol. The van der Waals surface area contributed by atoms with Gasteiger partial charge in [0.25, 0.3) is 0 Å². The summed E-state index contributed by atoms with van der Waals surface area (Å²) in [6.45, 7) is 9.21. The van der Waals surface area contributed by atoms with Crippen molar-refractivity contribution in [1.29, 1.82) is 0 Å². The van der Waals surface area contributed by atoms with Crippen LogP contribution in [-0.4, -0.2) is 164 Å². The van der Waals surface area contributed by atoms with Crippen molar-refractivity contribution in [1.82, 2.24) is 0 Å². The third-order valence-electron chi connectivity index (χ3n) is 12.1. The second-order valence-electron chi connectivity index (χ2n) is 18.7. The van der Waals surface area contributed by atoms with Crippen LogP contribution < -0.4 is 0 Å². The molecule has 0 aromatic heterocycles. The van der Waals surface area contributed by atoms with Crippen LogP contribution in [0.2, 0.25) is 0 Å². The van der Waals surface area contributed by atoms with Crippen LogP contribution in [0.4, 0.5) is 0 Å². The van der Waals surface area contributed by atoms with Crippen LogP contribution >= 0.6 is 23.5 Å². The van der Waals surface area contributed by atoms with Crippen molar-refractivity contribution in [2.24, 2.45) is 5.92 Å². The zero-order valence-electron chi connectivity index (χ0n) is 45.7. The van der Waals surface area contributed by atoms with Crippen LogP contribution in [0, 0.1) is 5.92 Å². The number of ether oxygens (including phenoxy) is 12. The molecule has 0 spiro atoms. The van der Waals surface area contributed by atoms with E-state index < -0.39 is 122 Å². The first kappa shape index (κ1) is 67.1. The lowest BCUT2D eigenvalue weighted by Gasteiger charge is -2.53. The van der Waals surface area contributed by atoms with Gasteiger partial charge in [-0.2, -0.15) is 23.5 Å². The Morgan fingerprint density at radius 3 is 1.47 bits per heavy atom. The van der Waals surface area contributed by atoms with Gasteiger partial charge in [-0.25, -0.2) is 0 Å². The second-order valence-corrected chi connectivity index (χ2v) is 21.0. The van der Waals surface area contributed by atoms with E-state index in [0.29, 0.717) is 17.9 Å². The van der Waals surface area contributed by atoms with Crippen molar-refractivity contribution in [3.05, 3.63) is 0 Å². The van der Waals surface area contributed by atoms with E-state index in [2.05, 4.69) is 6.92 Å². The zero-order chi connectivity index (χ0) is 55.9. The van der Waals surface area contributed by atoms with Crippen LogP contribution in [0.25, 0.3) is 0 Å². The van der Waals surface area contributed by atoms with E-state index in [1.165, 1.54) is 26.4 Å². The Morgan fingerprint density at radius 1 is 0.507 bits per heavy atom. The highest BCUT2D eigenvalue weighted by atomic mass is 32.2. The number of hydrogen-bond donors (Lipinski definition) is 0. The lowest BCUT2D eigenvalue weighted by Crippen LogP contribution is -2.75. The van der Waals surface area contributed by atoms with Crippen molar-refractivity contribution in [2.75, 3.05) is 49.9 Å². The molecule has 2 aliphatic heterocycles. The molecule has 430 valence electrons. The third-order valence-corrected chi connectivity index (χ3v) is 14.7. The maximum Gasteiger partial charge on any atom is 0.305 e. The molecule has 75 heavy (non-hydrogen) atoms. The predicted octanol–water partition coefficient (Wildman–Crippen LogP) is 6.71. The van der Waals surface area contributed by atoms with Gasteiger partial charge in [-0.05, 0) is 49.2 Å². The largest absolute Gasteiger partial charge is 0.469 e. The molecule has 0 radical (unpaired) electrons. The molecule has 0 aliphatic carbocycles. The minimum atomic E-state index is -2.70. The normalized spacial score (nSPS) is 24.7. The Balaban J connectivity index is 2.58. The summed E-state index contributed by atoms with van der Waals surface area (Å²) < 4.78 is 69.6. The van der Waals surface area contributed by atoms with Gasteiger partial charge in [-0.1, -0.05) is 77.6 Å². The molecule has 2 fully saturated rings. The molecule has 0 N–H and O–H groups in total. The highest BCUT2D eigenvalue weighted by Gasteiger charge is 2.67. The van der Waals surface area contributed by atoms with Gasteiger partial charge in [0, 0.05) is 60.8 Å². The Hall–Kier alpha value is -4.03. The van der Waals surface area contributed by atoms with E-state index in [-0.39, 0.29) is 18.5 Å². The molecule has 0 aromatic carbocycles. The number of methoxy groups -OCH3 is 1. The van der Waals surface area contributed by atoms with Gasteiger partial charge < -0.3 is 56.8 Å². The number of rotatable bonds is 37. The van der Waals surface area contributed by atoms with Crippen molar-refractivity contribution in [3.8, 4) is 0 Å². The van der Waals surface area contributed by atoms with E-state index in [9.17, 15) is 43.2 Å². The average Bonchev–Trinajstić information content (AvgIpc) is 3.32. The Morgan fingerprint density at radius 2 is 0.973 bits per heavy atom. The standard InChI is InChI=1S/C52H84O21S2/c1-11-12-13-14-20-23-26-74-31-41(32-75-27-24-21-18-16-15-17-19-22-25-44(61)62-10)28-65-50-48(69-39(8)59)49(70-40(9)60)52(33(2)53,43(72-50)30-64-35(4)55)73-51-47(68-38(7)58)46(67-37(6)57)45(66-36(5)56)42(71-51)29-63-34(3)54/h41-43,45-51H,11-32H2,1-10H3/t41?,42-,43-,45+,46+,47-,48-,49-,50+,51+,52-/m1/s1. The monoisotopic (exact) mass is 1110 g/mol.